The van der Waals surface area contributed by atoms with E-state index in [9.17, 15) is 0 Å². The van der Waals surface area contributed by atoms with Crippen molar-refractivity contribution in [3.63, 3.8) is 0 Å². The topological polar surface area (TPSA) is 51.1 Å². The van der Waals surface area contributed by atoms with Crippen molar-refractivity contribution in [2.24, 2.45) is 5.92 Å². The zero-order valence-corrected chi connectivity index (χ0v) is 12.0. The van der Waals surface area contributed by atoms with Crippen molar-refractivity contribution in [2.75, 3.05) is 25.0 Å². The lowest BCUT2D eigenvalue weighted by Gasteiger charge is -2.30. The zero-order valence-electron chi connectivity index (χ0n) is 12.0. The monoisotopic (exact) mass is 284 g/mol. The van der Waals surface area contributed by atoms with Crippen molar-refractivity contribution in [3.05, 3.63) is 42.1 Å². The summed E-state index contributed by atoms with van der Waals surface area (Å²) < 4.78 is 7.76. The first kappa shape index (κ1) is 12.7. The molecule has 1 aromatic heterocycles. The lowest BCUT2D eigenvalue weighted by Crippen LogP contribution is -2.37. The average molecular weight is 284 g/mol. The molecule has 2 aromatic rings. The van der Waals surface area contributed by atoms with Gasteiger partial charge >= 0.3 is 0 Å². The Morgan fingerprint density at radius 2 is 2.29 bits per heavy atom. The molecule has 110 valence electrons. The summed E-state index contributed by atoms with van der Waals surface area (Å²) in [6.45, 7) is 3.77. The van der Waals surface area contributed by atoms with Crippen molar-refractivity contribution < 1.29 is 4.74 Å². The summed E-state index contributed by atoms with van der Waals surface area (Å²) in [5, 5.41) is 11.5. The SMILES string of the molecule is c1ccc2c(c1)OCCC2NCC1CNc2ccnn2C1. The highest BCUT2D eigenvalue weighted by Crippen LogP contribution is 2.31. The van der Waals surface area contributed by atoms with Crippen LogP contribution < -0.4 is 15.4 Å². The number of benzene rings is 1. The fraction of sp³-hybridized carbons (Fsp3) is 0.438. The fourth-order valence-corrected chi connectivity index (χ4v) is 3.19. The Kier molecular flexibility index (Phi) is 3.27. The molecule has 0 amide bonds. The third-order valence-electron chi connectivity index (χ3n) is 4.33. The number of hydrogen-bond donors (Lipinski definition) is 2. The summed E-state index contributed by atoms with van der Waals surface area (Å²) in [7, 11) is 0. The van der Waals surface area contributed by atoms with Gasteiger partial charge in [0, 0.05) is 49.6 Å². The van der Waals surface area contributed by atoms with E-state index in [-0.39, 0.29) is 0 Å². The van der Waals surface area contributed by atoms with Gasteiger partial charge in [0.1, 0.15) is 11.6 Å². The van der Waals surface area contributed by atoms with E-state index in [1.165, 1.54) is 5.56 Å². The number of para-hydroxylation sites is 1. The van der Waals surface area contributed by atoms with E-state index in [2.05, 4.69) is 33.9 Å². The molecule has 0 saturated carbocycles. The van der Waals surface area contributed by atoms with Crippen molar-refractivity contribution in [1.82, 2.24) is 15.1 Å². The van der Waals surface area contributed by atoms with E-state index in [4.69, 9.17) is 4.74 Å². The molecular formula is C16H20N4O. The third-order valence-corrected chi connectivity index (χ3v) is 4.33. The minimum absolute atomic E-state index is 0.397. The van der Waals surface area contributed by atoms with Gasteiger partial charge in [0.05, 0.1) is 12.8 Å². The number of aromatic nitrogens is 2. The minimum Gasteiger partial charge on any atom is -0.493 e. The highest BCUT2D eigenvalue weighted by molar-refractivity contribution is 5.37. The second kappa shape index (κ2) is 5.41. The molecule has 1 aromatic carbocycles. The molecule has 5 heteroatoms. The summed E-state index contributed by atoms with van der Waals surface area (Å²) in [5.74, 6) is 2.72. The smallest absolute Gasteiger partial charge is 0.124 e. The molecule has 2 aliphatic rings. The molecule has 2 N–H and O–H groups in total. The lowest BCUT2D eigenvalue weighted by atomic mass is 9.99. The lowest BCUT2D eigenvalue weighted by molar-refractivity contribution is 0.245. The van der Waals surface area contributed by atoms with E-state index >= 15 is 0 Å². The number of fused-ring (bicyclic) bond motifs is 2. The molecule has 2 atom stereocenters. The Balaban J connectivity index is 1.40. The maximum absolute atomic E-state index is 5.72. The van der Waals surface area contributed by atoms with Gasteiger partial charge in [0.15, 0.2) is 0 Å². The second-order valence-electron chi connectivity index (χ2n) is 5.78. The molecule has 2 unspecified atom stereocenters. The first-order chi connectivity index (χ1) is 10.4. The molecule has 0 spiro atoms. The molecule has 0 aliphatic carbocycles. The summed E-state index contributed by atoms with van der Waals surface area (Å²) >= 11 is 0. The predicted octanol–water partition coefficient (Wildman–Crippen LogP) is 2.04. The van der Waals surface area contributed by atoms with E-state index in [0.717, 1.165) is 44.2 Å². The number of anilines is 1. The first-order valence-electron chi connectivity index (χ1n) is 7.61. The molecule has 0 fully saturated rings. The molecule has 0 bridgehead atoms. The van der Waals surface area contributed by atoms with Gasteiger partial charge in [0.2, 0.25) is 0 Å². The van der Waals surface area contributed by atoms with Crippen LogP contribution in [0.15, 0.2) is 36.5 Å². The number of hydrogen-bond acceptors (Lipinski definition) is 4. The summed E-state index contributed by atoms with van der Waals surface area (Å²) in [6.07, 6.45) is 2.89. The van der Waals surface area contributed by atoms with Gasteiger partial charge in [-0.1, -0.05) is 18.2 Å². The van der Waals surface area contributed by atoms with Crippen LogP contribution in [0.5, 0.6) is 5.75 Å². The summed E-state index contributed by atoms with van der Waals surface area (Å²) in [6, 6.07) is 10.8. The van der Waals surface area contributed by atoms with Crippen LogP contribution >= 0.6 is 0 Å². The van der Waals surface area contributed by atoms with Crippen LogP contribution in [-0.2, 0) is 6.54 Å². The quantitative estimate of drug-likeness (QED) is 0.905. The van der Waals surface area contributed by atoms with Crippen LogP contribution in [0.1, 0.15) is 18.0 Å². The normalized spacial score (nSPS) is 23.6. The van der Waals surface area contributed by atoms with E-state index in [0.29, 0.717) is 12.0 Å². The molecule has 2 aliphatic heterocycles. The van der Waals surface area contributed by atoms with Gasteiger partial charge in [-0.2, -0.15) is 5.10 Å². The molecule has 21 heavy (non-hydrogen) atoms. The van der Waals surface area contributed by atoms with Gasteiger partial charge in [-0.3, -0.25) is 0 Å². The summed E-state index contributed by atoms with van der Waals surface area (Å²) in [4.78, 5) is 0. The van der Waals surface area contributed by atoms with Crippen molar-refractivity contribution in [1.29, 1.82) is 0 Å². The van der Waals surface area contributed by atoms with E-state index in [1.807, 2.05) is 23.0 Å². The van der Waals surface area contributed by atoms with Crippen LogP contribution in [0.2, 0.25) is 0 Å². The number of rotatable bonds is 3. The zero-order chi connectivity index (χ0) is 14.1. The maximum atomic E-state index is 5.72. The Bertz CT molecular complexity index is 624. The minimum atomic E-state index is 0.397. The Hall–Kier alpha value is -2.01. The fourth-order valence-electron chi connectivity index (χ4n) is 3.19. The molecule has 3 heterocycles. The van der Waals surface area contributed by atoms with Crippen molar-refractivity contribution in [3.8, 4) is 5.75 Å². The number of nitrogens with one attached hydrogen (secondary N) is 2. The first-order valence-corrected chi connectivity index (χ1v) is 7.61. The van der Waals surface area contributed by atoms with Crippen LogP contribution in [-0.4, -0.2) is 29.5 Å². The summed E-state index contributed by atoms with van der Waals surface area (Å²) in [5.41, 5.74) is 1.28. The van der Waals surface area contributed by atoms with E-state index < -0.39 is 0 Å². The van der Waals surface area contributed by atoms with Gasteiger partial charge in [-0.25, -0.2) is 4.68 Å². The Labute approximate surface area is 124 Å². The largest absolute Gasteiger partial charge is 0.493 e. The molecule has 4 rings (SSSR count). The van der Waals surface area contributed by atoms with E-state index in [1.54, 1.807) is 0 Å². The average Bonchev–Trinajstić information content (AvgIpc) is 3.00. The van der Waals surface area contributed by atoms with Crippen molar-refractivity contribution in [2.45, 2.75) is 19.0 Å². The Morgan fingerprint density at radius 1 is 1.33 bits per heavy atom. The van der Waals surface area contributed by atoms with Gasteiger partial charge in [-0.05, 0) is 6.07 Å². The van der Waals surface area contributed by atoms with Crippen LogP contribution in [0, 0.1) is 5.92 Å². The Morgan fingerprint density at radius 3 is 3.29 bits per heavy atom. The number of ether oxygens (including phenoxy) is 1. The van der Waals surface area contributed by atoms with Crippen LogP contribution in [0.25, 0.3) is 0 Å². The van der Waals surface area contributed by atoms with Crippen LogP contribution in [0.4, 0.5) is 5.82 Å². The molecule has 0 saturated heterocycles. The standard InChI is InChI=1S/C16H20N4O/c1-2-4-15-13(3-1)14(6-8-21-15)17-9-12-10-18-16-5-7-19-20(16)11-12/h1-5,7,12,14,17-18H,6,8-11H2. The van der Waals surface area contributed by atoms with Gasteiger partial charge < -0.3 is 15.4 Å². The van der Waals surface area contributed by atoms with Gasteiger partial charge in [-0.15, -0.1) is 0 Å². The van der Waals surface area contributed by atoms with Gasteiger partial charge in [0.25, 0.3) is 0 Å². The molecular weight excluding hydrogens is 264 g/mol. The predicted molar refractivity (Wildman–Crippen MR) is 81.5 cm³/mol. The second-order valence-corrected chi connectivity index (χ2v) is 5.78. The van der Waals surface area contributed by atoms with Crippen molar-refractivity contribution >= 4 is 5.82 Å². The maximum Gasteiger partial charge on any atom is 0.124 e. The highest BCUT2D eigenvalue weighted by atomic mass is 16.5. The third kappa shape index (κ3) is 2.49. The molecule has 5 nitrogen and oxygen atoms in total. The van der Waals surface area contributed by atoms with Crippen LogP contribution in [0.3, 0.4) is 0 Å². The molecule has 0 radical (unpaired) electrons. The highest BCUT2D eigenvalue weighted by Gasteiger charge is 2.23. The number of nitrogens with zero attached hydrogens (tertiary/aromatic N) is 2.